The van der Waals surface area contributed by atoms with Gasteiger partial charge in [0.05, 0.1) is 5.41 Å². The Bertz CT molecular complexity index is 244. The molecule has 1 rings (SSSR count). The summed E-state index contributed by atoms with van der Waals surface area (Å²) in [5.74, 6) is -0.624. The van der Waals surface area contributed by atoms with E-state index in [2.05, 4.69) is 25.7 Å². The van der Waals surface area contributed by atoms with Crippen molar-refractivity contribution in [2.75, 3.05) is 19.6 Å². The molecule has 0 bridgehead atoms. The summed E-state index contributed by atoms with van der Waals surface area (Å²) in [6.45, 7) is 11.2. The van der Waals surface area contributed by atoms with Crippen LogP contribution < -0.4 is 0 Å². The van der Waals surface area contributed by atoms with Gasteiger partial charge in [0.25, 0.3) is 0 Å². The van der Waals surface area contributed by atoms with Gasteiger partial charge in [-0.2, -0.15) is 0 Å². The summed E-state index contributed by atoms with van der Waals surface area (Å²) in [7, 11) is 0. The van der Waals surface area contributed by atoms with E-state index in [0.717, 1.165) is 32.5 Å². The first-order valence-corrected chi connectivity index (χ1v) is 5.75. The molecule has 1 heterocycles. The average Bonchev–Trinajstić information content (AvgIpc) is 2.46. The molecule has 1 saturated heterocycles. The van der Waals surface area contributed by atoms with E-state index in [-0.39, 0.29) is 5.41 Å². The predicted octanol–water partition coefficient (Wildman–Crippen LogP) is 2.22. The highest BCUT2D eigenvalue weighted by atomic mass is 16.4. The highest BCUT2D eigenvalue weighted by Crippen LogP contribution is 2.35. The van der Waals surface area contributed by atoms with Crippen LogP contribution in [0.5, 0.6) is 0 Å². The second-order valence-electron chi connectivity index (χ2n) is 5.96. The van der Waals surface area contributed by atoms with Crippen LogP contribution >= 0.6 is 0 Å². The number of rotatable bonds is 3. The molecular formula is C12H23NO2. The molecule has 0 saturated carbocycles. The second-order valence-corrected chi connectivity index (χ2v) is 5.96. The number of aliphatic carboxylic acids is 1. The SMILES string of the molecule is CCC1(C(=O)O)CCN(CC(C)(C)C)C1. The zero-order valence-electron chi connectivity index (χ0n) is 10.3. The lowest BCUT2D eigenvalue weighted by molar-refractivity contribution is -0.148. The smallest absolute Gasteiger partial charge is 0.310 e. The molecule has 0 aromatic heterocycles. The van der Waals surface area contributed by atoms with Crippen molar-refractivity contribution in [3.63, 3.8) is 0 Å². The van der Waals surface area contributed by atoms with Crippen LogP contribution in [0.2, 0.25) is 0 Å². The fourth-order valence-corrected chi connectivity index (χ4v) is 2.38. The van der Waals surface area contributed by atoms with Gasteiger partial charge in [-0.15, -0.1) is 0 Å². The number of carbonyl (C=O) groups is 1. The molecule has 1 N–H and O–H groups in total. The van der Waals surface area contributed by atoms with Gasteiger partial charge >= 0.3 is 5.97 Å². The number of hydrogen-bond donors (Lipinski definition) is 1. The van der Waals surface area contributed by atoms with Crippen molar-refractivity contribution in [2.24, 2.45) is 10.8 Å². The van der Waals surface area contributed by atoms with Gasteiger partial charge in [0.1, 0.15) is 0 Å². The maximum absolute atomic E-state index is 11.2. The Morgan fingerprint density at radius 2 is 2.07 bits per heavy atom. The van der Waals surface area contributed by atoms with E-state index < -0.39 is 11.4 Å². The maximum atomic E-state index is 11.2. The maximum Gasteiger partial charge on any atom is 0.310 e. The van der Waals surface area contributed by atoms with E-state index in [4.69, 9.17) is 0 Å². The van der Waals surface area contributed by atoms with Crippen LogP contribution in [0.4, 0.5) is 0 Å². The van der Waals surface area contributed by atoms with Crippen LogP contribution in [0.1, 0.15) is 40.5 Å². The standard InChI is InChI=1S/C12H23NO2/c1-5-12(10(14)15)6-7-13(9-12)8-11(2,3)4/h5-9H2,1-4H3,(H,14,15). The lowest BCUT2D eigenvalue weighted by atomic mass is 9.84. The molecule has 3 heteroatoms. The Kier molecular flexibility index (Phi) is 3.44. The number of carboxylic acid groups (broad SMARTS) is 1. The molecular weight excluding hydrogens is 190 g/mol. The molecule has 0 aromatic carbocycles. The number of hydrogen-bond acceptors (Lipinski definition) is 2. The molecule has 0 aliphatic carbocycles. The van der Waals surface area contributed by atoms with Crippen LogP contribution in [-0.2, 0) is 4.79 Å². The Balaban J connectivity index is 2.61. The van der Waals surface area contributed by atoms with Gasteiger partial charge in [0.2, 0.25) is 0 Å². The van der Waals surface area contributed by atoms with E-state index in [1.165, 1.54) is 0 Å². The average molecular weight is 213 g/mol. The van der Waals surface area contributed by atoms with Crippen molar-refractivity contribution in [3.05, 3.63) is 0 Å². The van der Waals surface area contributed by atoms with Crippen LogP contribution in [0.3, 0.4) is 0 Å². The molecule has 0 amide bonds. The minimum atomic E-state index is -0.624. The van der Waals surface area contributed by atoms with Gasteiger partial charge in [-0.25, -0.2) is 0 Å². The molecule has 0 aromatic rings. The number of carboxylic acids is 1. The fourth-order valence-electron chi connectivity index (χ4n) is 2.38. The van der Waals surface area contributed by atoms with Crippen molar-refractivity contribution in [2.45, 2.75) is 40.5 Å². The summed E-state index contributed by atoms with van der Waals surface area (Å²) in [6.07, 6.45) is 1.54. The third kappa shape index (κ3) is 2.94. The molecule has 15 heavy (non-hydrogen) atoms. The number of nitrogens with zero attached hydrogens (tertiary/aromatic N) is 1. The van der Waals surface area contributed by atoms with Crippen molar-refractivity contribution >= 4 is 5.97 Å². The normalized spacial score (nSPS) is 28.3. The zero-order chi connectivity index (χ0) is 11.7. The van der Waals surface area contributed by atoms with Crippen LogP contribution in [0.15, 0.2) is 0 Å². The molecule has 3 nitrogen and oxygen atoms in total. The minimum Gasteiger partial charge on any atom is -0.481 e. The van der Waals surface area contributed by atoms with Crippen LogP contribution in [0.25, 0.3) is 0 Å². The summed E-state index contributed by atoms with van der Waals surface area (Å²) >= 11 is 0. The van der Waals surface area contributed by atoms with Crippen LogP contribution in [-0.4, -0.2) is 35.6 Å². The van der Waals surface area contributed by atoms with Gasteiger partial charge in [-0.05, 0) is 24.8 Å². The number of likely N-dealkylation sites (tertiary alicyclic amines) is 1. The summed E-state index contributed by atoms with van der Waals surface area (Å²) in [4.78, 5) is 13.5. The van der Waals surface area contributed by atoms with Gasteiger partial charge in [-0.1, -0.05) is 27.7 Å². The van der Waals surface area contributed by atoms with E-state index in [1.807, 2.05) is 6.92 Å². The van der Waals surface area contributed by atoms with E-state index in [1.54, 1.807) is 0 Å². The minimum absolute atomic E-state index is 0.252. The highest BCUT2D eigenvalue weighted by molar-refractivity contribution is 5.75. The molecule has 1 atom stereocenters. The molecule has 88 valence electrons. The lowest BCUT2D eigenvalue weighted by Crippen LogP contribution is -2.37. The molecule has 1 unspecified atom stereocenters. The third-order valence-corrected chi connectivity index (χ3v) is 3.26. The molecule has 0 radical (unpaired) electrons. The van der Waals surface area contributed by atoms with Gasteiger partial charge in [0.15, 0.2) is 0 Å². The highest BCUT2D eigenvalue weighted by Gasteiger charge is 2.43. The first-order chi connectivity index (χ1) is 6.79. The first kappa shape index (κ1) is 12.5. The topological polar surface area (TPSA) is 40.5 Å². The van der Waals surface area contributed by atoms with Crippen LogP contribution in [0, 0.1) is 10.8 Å². The van der Waals surface area contributed by atoms with E-state index in [0.29, 0.717) is 0 Å². The Morgan fingerprint density at radius 3 is 2.40 bits per heavy atom. The zero-order valence-corrected chi connectivity index (χ0v) is 10.3. The molecule has 1 aliphatic rings. The summed E-state index contributed by atoms with van der Waals surface area (Å²) in [5.41, 5.74) is -0.229. The summed E-state index contributed by atoms with van der Waals surface area (Å²) in [6, 6.07) is 0. The molecule has 0 spiro atoms. The summed E-state index contributed by atoms with van der Waals surface area (Å²) < 4.78 is 0. The Morgan fingerprint density at radius 1 is 1.47 bits per heavy atom. The van der Waals surface area contributed by atoms with Crippen molar-refractivity contribution < 1.29 is 9.90 Å². The van der Waals surface area contributed by atoms with E-state index >= 15 is 0 Å². The Labute approximate surface area is 92.5 Å². The predicted molar refractivity (Wildman–Crippen MR) is 60.9 cm³/mol. The quantitative estimate of drug-likeness (QED) is 0.781. The molecule has 1 fully saturated rings. The van der Waals surface area contributed by atoms with Gasteiger partial charge in [0, 0.05) is 13.1 Å². The lowest BCUT2D eigenvalue weighted by Gasteiger charge is -2.28. The largest absolute Gasteiger partial charge is 0.481 e. The van der Waals surface area contributed by atoms with E-state index in [9.17, 15) is 9.90 Å². The Hall–Kier alpha value is -0.570. The second kappa shape index (κ2) is 4.12. The van der Waals surface area contributed by atoms with Crippen molar-refractivity contribution in [1.29, 1.82) is 0 Å². The third-order valence-electron chi connectivity index (χ3n) is 3.26. The monoisotopic (exact) mass is 213 g/mol. The molecule has 1 aliphatic heterocycles. The fraction of sp³-hybridized carbons (Fsp3) is 0.917. The van der Waals surface area contributed by atoms with Gasteiger partial charge in [-0.3, -0.25) is 4.79 Å². The van der Waals surface area contributed by atoms with Crippen molar-refractivity contribution in [1.82, 2.24) is 4.90 Å². The first-order valence-electron chi connectivity index (χ1n) is 5.75. The van der Waals surface area contributed by atoms with Crippen molar-refractivity contribution in [3.8, 4) is 0 Å². The summed E-state index contributed by atoms with van der Waals surface area (Å²) in [5, 5.41) is 9.25. The van der Waals surface area contributed by atoms with Gasteiger partial charge < -0.3 is 10.0 Å².